The van der Waals surface area contributed by atoms with E-state index < -0.39 is 5.97 Å². The van der Waals surface area contributed by atoms with Crippen molar-refractivity contribution < 1.29 is 48.0 Å². The summed E-state index contributed by atoms with van der Waals surface area (Å²) in [4.78, 5) is 34.7. The van der Waals surface area contributed by atoms with Gasteiger partial charge in [-0.05, 0) is 62.8 Å². The molecule has 0 amide bonds. The first-order valence-corrected chi connectivity index (χ1v) is 17.1. The van der Waals surface area contributed by atoms with Crippen LogP contribution in [0.4, 0.5) is 0 Å². The molecule has 0 saturated carbocycles. The van der Waals surface area contributed by atoms with Gasteiger partial charge in [-0.2, -0.15) is 0 Å². The average molecular weight is 669 g/mol. The molecule has 2 rings (SSSR count). The molecule has 10 heteroatoms. The van der Waals surface area contributed by atoms with Gasteiger partial charge in [0.1, 0.15) is 49.5 Å². The zero-order valence-corrected chi connectivity index (χ0v) is 29.1. The Labute approximate surface area is 283 Å². The molecule has 272 valence electrons. The molecule has 2 aromatic rings. The third kappa shape index (κ3) is 20.7. The number of esters is 2. The minimum absolute atomic E-state index is 0. The Morgan fingerprint density at radius 1 is 0.596 bits per heavy atom. The Kier molecular flexibility index (Phi) is 28.4. The number of aliphatic hydroxyl groups excluding tert-OH is 2. The molecule has 0 radical (unpaired) electrons. The summed E-state index contributed by atoms with van der Waals surface area (Å²) in [6.07, 6.45) is 11.2. The summed E-state index contributed by atoms with van der Waals surface area (Å²) in [6, 6.07) is 6.78. The predicted molar refractivity (Wildman–Crippen MR) is 183 cm³/mol. The summed E-state index contributed by atoms with van der Waals surface area (Å²) in [5.74, 6) is 0.919. The lowest BCUT2D eigenvalue weighted by Crippen LogP contribution is -2.17. The Bertz CT molecular complexity index is 992. The molecule has 0 aliphatic heterocycles. The molecule has 0 saturated heterocycles. The normalized spacial score (nSPS) is 12.3. The van der Waals surface area contributed by atoms with Crippen molar-refractivity contribution >= 4 is 17.9 Å². The average Bonchev–Trinajstić information content (AvgIpc) is 3.74. The minimum Gasteiger partial charge on any atom is -0.481 e. The second-order valence-corrected chi connectivity index (χ2v) is 11.3. The van der Waals surface area contributed by atoms with Gasteiger partial charge in [0.25, 0.3) is 0 Å². The predicted octanol–water partition coefficient (Wildman–Crippen LogP) is 8.99. The van der Waals surface area contributed by atoms with Crippen LogP contribution in [0.25, 0.3) is 0 Å². The van der Waals surface area contributed by atoms with E-state index >= 15 is 0 Å². The summed E-state index contributed by atoms with van der Waals surface area (Å²) in [5, 5.41) is 25.5. The van der Waals surface area contributed by atoms with Crippen molar-refractivity contribution in [3.63, 3.8) is 0 Å². The minimum atomic E-state index is -0.643. The van der Waals surface area contributed by atoms with E-state index in [4.69, 9.17) is 33.6 Å². The molecular formula is C37H64O10. The number of hydrogen-bond donors (Lipinski definition) is 3. The smallest absolute Gasteiger partial charge is 0.309 e. The number of furan rings is 2. The van der Waals surface area contributed by atoms with Crippen LogP contribution in [-0.2, 0) is 50.3 Å². The molecule has 0 bridgehead atoms. The third-order valence-corrected chi connectivity index (χ3v) is 7.67. The molecule has 3 N–H and O–H groups in total. The first-order valence-electron chi connectivity index (χ1n) is 17.1. The van der Waals surface area contributed by atoms with Crippen LogP contribution >= 0.6 is 0 Å². The second-order valence-electron chi connectivity index (χ2n) is 11.3. The Balaban J connectivity index is 0. The first-order chi connectivity index (χ1) is 22.1. The maximum absolute atomic E-state index is 12.1. The first kappa shape index (κ1) is 46.0. The summed E-state index contributed by atoms with van der Waals surface area (Å²) >= 11 is 0. The van der Waals surface area contributed by atoms with E-state index in [1.807, 2.05) is 20.8 Å². The van der Waals surface area contributed by atoms with Crippen LogP contribution in [0.1, 0.15) is 149 Å². The van der Waals surface area contributed by atoms with E-state index in [0.29, 0.717) is 23.0 Å². The number of carboxylic acid groups (broad SMARTS) is 1. The van der Waals surface area contributed by atoms with Gasteiger partial charge in [0.15, 0.2) is 0 Å². The standard InChI is InChI=1S/C22H36O5.C8H16O2.C6H8O3.CH4/c1-5-9-11-17(7-3)21(23)25-15-19-13-14-20(27-19)16-26-22(24)18(8-4)12-10-6-2;1-3-5-6-7(4-2)8(9)10;7-3-5-1-2-6(4-8)9-5;/h13-14,17-18H,5-12,15-16H2,1-4H3;7H,3-6H2,1-2H3,(H,9,10);1-2,7-8H,3-4H2;1H4. The van der Waals surface area contributed by atoms with Gasteiger partial charge >= 0.3 is 17.9 Å². The van der Waals surface area contributed by atoms with Gasteiger partial charge < -0.3 is 33.6 Å². The van der Waals surface area contributed by atoms with Crippen molar-refractivity contribution in [1.82, 2.24) is 0 Å². The van der Waals surface area contributed by atoms with Crippen molar-refractivity contribution in [2.24, 2.45) is 17.8 Å². The van der Waals surface area contributed by atoms with Crippen LogP contribution in [-0.4, -0.2) is 33.2 Å². The van der Waals surface area contributed by atoms with Gasteiger partial charge in [0, 0.05) is 0 Å². The Morgan fingerprint density at radius 2 is 0.915 bits per heavy atom. The zero-order chi connectivity index (χ0) is 34.7. The number of unbranched alkanes of at least 4 members (excludes halogenated alkanes) is 3. The van der Waals surface area contributed by atoms with E-state index in [2.05, 4.69) is 20.8 Å². The number of aliphatic hydroxyl groups is 2. The van der Waals surface area contributed by atoms with Crippen LogP contribution in [0, 0.1) is 17.8 Å². The van der Waals surface area contributed by atoms with Crippen LogP contribution in [0.2, 0.25) is 0 Å². The van der Waals surface area contributed by atoms with Crippen LogP contribution in [0.5, 0.6) is 0 Å². The van der Waals surface area contributed by atoms with Crippen LogP contribution in [0.3, 0.4) is 0 Å². The molecule has 0 aliphatic rings. The van der Waals surface area contributed by atoms with E-state index in [1.54, 1.807) is 24.3 Å². The summed E-state index contributed by atoms with van der Waals surface area (Å²) in [5.41, 5.74) is 0. The van der Waals surface area contributed by atoms with Gasteiger partial charge in [-0.15, -0.1) is 0 Å². The molecule has 0 fully saturated rings. The van der Waals surface area contributed by atoms with Gasteiger partial charge in [-0.3, -0.25) is 14.4 Å². The van der Waals surface area contributed by atoms with Gasteiger partial charge in [0.2, 0.25) is 0 Å². The van der Waals surface area contributed by atoms with Crippen molar-refractivity contribution in [1.29, 1.82) is 0 Å². The highest BCUT2D eigenvalue weighted by atomic mass is 16.6. The second kappa shape index (κ2) is 29.1. The number of hydrogen-bond acceptors (Lipinski definition) is 9. The Morgan fingerprint density at radius 3 is 1.19 bits per heavy atom. The highest BCUT2D eigenvalue weighted by Gasteiger charge is 2.20. The molecule has 0 aromatic carbocycles. The SMILES string of the molecule is C.CCCCC(CC)C(=O)O.CCCCC(CC)C(=O)OCc1ccc(COC(=O)C(CC)CCCC)o1.OCc1ccc(CO)o1. The molecule has 3 atom stereocenters. The van der Waals surface area contributed by atoms with Crippen molar-refractivity contribution in [3.05, 3.63) is 47.3 Å². The van der Waals surface area contributed by atoms with Crippen molar-refractivity contribution in [2.75, 3.05) is 0 Å². The van der Waals surface area contributed by atoms with E-state index in [1.165, 1.54) is 0 Å². The fourth-order valence-electron chi connectivity index (χ4n) is 4.52. The molecule has 3 unspecified atom stereocenters. The molecule has 0 spiro atoms. The highest BCUT2D eigenvalue weighted by molar-refractivity contribution is 5.72. The lowest BCUT2D eigenvalue weighted by atomic mass is 10.00. The van der Waals surface area contributed by atoms with E-state index in [0.717, 1.165) is 77.0 Å². The fraction of sp³-hybridized carbons (Fsp3) is 0.703. The zero-order valence-electron chi connectivity index (χ0n) is 29.1. The maximum atomic E-state index is 12.1. The maximum Gasteiger partial charge on any atom is 0.309 e. The van der Waals surface area contributed by atoms with Gasteiger partial charge in [-0.25, -0.2) is 0 Å². The molecule has 2 heterocycles. The molecule has 2 aromatic heterocycles. The lowest BCUT2D eigenvalue weighted by molar-refractivity contribution is -0.151. The Hall–Kier alpha value is -3.11. The fourth-order valence-corrected chi connectivity index (χ4v) is 4.52. The van der Waals surface area contributed by atoms with Crippen molar-refractivity contribution in [2.45, 2.75) is 152 Å². The van der Waals surface area contributed by atoms with Gasteiger partial charge in [-0.1, -0.05) is 87.5 Å². The number of carbonyl (C=O) groups is 3. The summed E-state index contributed by atoms with van der Waals surface area (Å²) in [7, 11) is 0. The van der Waals surface area contributed by atoms with Crippen LogP contribution in [0.15, 0.2) is 33.1 Å². The van der Waals surface area contributed by atoms with E-state index in [-0.39, 0.29) is 63.5 Å². The molecule has 47 heavy (non-hydrogen) atoms. The monoisotopic (exact) mass is 668 g/mol. The largest absolute Gasteiger partial charge is 0.481 e. The van der Waals surface area contributed by atoms with Gasteiger partial charge in [0.05, 0.1) is 17.8 Å². The number of rotatable bonds is 21. The third-order valence-electron chi connectivity index (χ3n) is 7.67. The van der Waals surface area contributed by atoms with Crippen LogP contribution < -0.4 is 0 Å². The highest BCUT2D eigenvalue weighted by Crippen LogP contribution is 2.19. The number of carbonyl (C=O) groups excluding carboxylic acids is 2. The molecule has 0 aliphatic carbocycles. The van der Waals surface area contributed by atoms with Crippen molar-refractivity contribution in [3.8, 4) is 0 Å². The lowest BCUT2D eigenvalue weighted by Gasteiger charge is -2.13. The summed E-state index contributed by atoms with van der Waals surface area (Å²) < 4.78 is 21.3. The number of carboxylic acids is 1. The number of ether oxygens (including phenoxy) is 2. The topological polar surface area (TPSA) is 157 Å². The summed E-state index contributed by atoms with van der Waals surface area (Å²) in [6.45, 7) is 12.2. The molecular weight excluding hydrogens is 604 g/mol. The van der Waals surface area contributed by atoms with E-state index in [9.17, 15) is 14.4 Å². The number of aliphatic carboxylic acids is 1. The quantitative estimate of drug-likeness (QED) is 0.110. The molecule has 10 nitrogen and oxygen atoms in total.